The van der Waals surface area contributed by atoms with E-state index in [1.165, 1.54) is 17.7 Å². The van der Waals surface area contributed by atoms with Crippen molar-refractivity contribution in [1.29, 1.82) is 0 Å². The lowest BCUT2D eigenvalue weighted by atomic mass is 9.97. The van der Waals surface area contributed by atoms with Crippen LogP contribution in [0.25, 0.3) is 0 Å². The third-order valence-corrected chi connectivity index (χ3v) is 4.25. The molecule has 1 aliphatic rings. The van der Waals surface area contributed by atoms with Crippen LogP contribution in [-0.4, -0.2) is 11.7 Å². The van der Waals surface area contributed by atoms with Gasteiger partial charge in [-0.15, -0.1) is 0 Å². The molecule has 1 unspecified atom stereocenters. The molecule has 2 heteroatoms. The molecule has 0 radical (unpaired) electrons. The summed E-state index contributed by atoms with van der Waals surface area (Å²) in [6.45, 7) is 5.22. The number of anilines is 1. The molecule has 0 aromatic heterocycles. The maximum Gasteiger partial charge on any atom is 0.121 e. The van der Waals surface area contributed by atoms with Gasteiger partial charge in [0.1, 0.15) is 5.75 Å². The summed E-state index contributed by atoms with van der Waals surface area (Å²) < 4.78 is 0. The lowest BCUT2D eigenvalue weighted by Crippen LogP contribution is -2.32. The van der Waals surface area contributed by atoms with Crippen molar-refractivity contribution in [2.75, 3.05) is 11.4 Å². The largest absolute Gasteiger partial charge is 0.508 e. The number of para-hydroxylation sites is 1. The van der Waals surface area contributed by atoms with Gasteiger partial charge in [-0.05, 0) is 49.9 Å². The van der Waals surface area contributed by atoms with Crippen molar-refractivity contribution in [2.24, 2.45) is 0 Å². The molecule has 1 aliphatic heterocycles. The average Bonchev–Trinajstić information content (AvgIpc) is 2.46. The van der Waals surface area contributed by atoms with Crippen molar-refractivity contribution < 1.29 is 5.11 Å². The van der Waals surface area contributed by atoms with Crippen LogP contribution < -0.4 is 4.90 Å². The van der Waals surface area contributed by atoms with Gasteiger partial charge < -0.3 is 10.0 Å². The third-order valence-electron chi connectivity index (χ3n) is 4.25. The summed E-state index contributed by atoms with van der Waals surface area (Å²) >= 11 is 0. The van der Waals surface area contributed by atoms with Gasteiger partial charge in [0.2, 0.25) is 0 Å². The lowest BCUT2D eigenvalue weighted by molar-refractivity contribution is 0.459. The number of rotatable bonds is 2. The van der Waals surface area contributed by atoms with E-state index >= 15 is 0 Å². The van der Waals surface area contributed by atoms with Gasteiger partial charge in [0.25, 0.3) is 0 Å². The smallest absolute Gasteiger partial charge is 0.121 e. The number of phenolic OH excluding ortho intramolecular Hbond substituents is 1. The monoisotopic (exact) mass is 267 g/mol. The fraction of sp³-hybridized carbons (Fsp3) is 0.333. The van der Waals surface area contributed by atoms with Gasteiger partial charge >= 0.3 is 0 Å². The molecule has 0 aliphatic carbocycles. The number of phenols is 1. The normalized spacial score (nSPS) is 15.8. The minimum atomic E-state index is 0.192. The zero-order valence-corrected chi connectivity index (χ0v) is 12.1. The Kier molecular flexibility index (Phi) is 3.39. The van der Waals surface area contributed by atoms with Gasteiger partial charge in [-0.25, -0.2) is 0 Å². The summed E-state index contributed by atoms with van der Waals surface area (Å²) in [5.74, 6) is 0.403. The zero-order chi connectivity index (χ0) is 14.1. The summed E-state index contributed by atoms with van der Waals surface area (Å²) in [6.07, 6.45) is 2.33. The van der Waals surface area contributed by atoms with E-state index in [0.29, 0.717) is 5.75 Å². The lowest BCUT2D eigenvalue weighted by Gasteiger charge is -2.36. The molecule has 0 amide bonds. The Morgan fingerprint density at radius 2 is 1.95 bits per heavy atom. The molecule has 0 spiro atoms. The van der Waals surface area contributed by atoms with Crippen LogP contribution >= 0.6 is 0 Å². The number of hydrogen-bond acceptors (Lipinski definition) is 2. The van der Waals surface area contributed by atoms with Crippen molar-refractivity contribution in [3.05, 3.63) is 59.2 Å². The first-order chi connectivity index (χ1) is 9.66. The predicted octanol–water partition coefficient (Wildman–Crippen LogP) is 4.21. The molecule has 2 aromatic carbocycles. The quantitative estimate of drug-likeness (QED) is 0.881. The number of nitrogens with zero attached hydrogens (tertiary/aromatic N) is 1. The molecular formula is C18H21NO. The molecule has 0 saturated heterocycles. The SMILES string of the molecule is Cc1ccc(C(C)N2CCCc3ccccc32)c(O)c1. The number of aryl methyl sites for hydroxylation is 2. The summed E-state index contributed by atoms with van der Waals surface area (Å²) in [5, 5.41) is 10.2. The van der Waals surface area contributed by atoms with Crippen molar-refractivity contribution in [2.45, 2.75) is 32.7 Å². The second-order valence-electron chi connectivity index (χ2n) is 5.66. The van der Waals surface area contributed by atoms with Crippen molar-refractivity contribution >= 4 is 5.69 Å². The van der Waals surface area contributed by atoms with E-state index in [-0.39, 0.29) is 6.04 Å². The van der Waals surface area contributed by atoms with E-state index < -0.39 is 0 Å². The van der Waals surface area contributed by atoms with Crippen LogP contribution in [0.1, 0.15) is 36.1 Å². The van der Waals surface area contributed by atoms with Crippen molar-refractivity contribution in [1.82, 2.24) is 0 Å². The molecule has 104 valence electrons. The first kappa shape index (κ1) is 13.0. The van der Waals surface area contributed by atoms with Crippen LogP contribution in [0.3, 0.4) is 0 Å². The average molecular weight is 267 g/mol. The number of aromatic hydroxyl groups is 1. The highest BCUT2D eigenvalue weighted by Gasteiger charge is 2.23. The second kappa shape index (κ2) is 5.20. The minimum absolute atomic E-state index is 0.192. The second-order valence-corrected chi connectivity index (χ2v) is 5.66. The van der Waals surface area contributed by atoms with Gasteiger partial charge in [-0.3, -0.25) is 0 Å². The third kappa shape index (κ3) is 2.26. The molecule has 2 nitrogen and oxygen atoms in total. The fourth-order valence-electron chi connectivity index (χ4n) is 3.14. The standard InChI is InChI=1S/C18H21NO/c1-13-9-10-16(18(20)12-13)14(2)19-11-5-7-15-6-3-4-8-17(15)19/h3-4,6,8-10,12,14,20H,5,7,11H2,1-2H3. The number of fused-ring (bicyclic) bond motifs is 1. The van der Waals surface area contributed by atoms with Crippen molar-refractivity contribution in [3.8, 4) is 5.75 Å². The maximum atomic E-state index is 10.2. The van der Waals surface area contributed by atoms with Crippen LogP contribution in [0.5, 0.6) is 5.75 Å². The molecule has 0 fully saturated rings. The van der Waals surface area contributed by atoms with E-state index in [4.69, 9.17) is 0 Å². The highest BCUT2D eigenvalue weighted by molar-refractivity contribution is 5.58. The molecule has 1 N–H and O–H groups in total. The van der Waals surface area contributed by atoms with E-state index in [1.54, 1.807) is 0 Å². The van der Waals surface area contributed by atoms with E-state index in [1.807, 2.05) is 19.1 Å². The fourth-order valence-corrected chi connectivity index (χ4v) is 3.14. The number of hydrogen-bond donors (Lipinski definition) is 1. The van der Waals surface area contributed by atoms with Crippen LogP contribution in [0.4, 0.5) is 5.69 Å². The van der Waals surface area contributed by atoms with E-state index in [2.05, 4.69) is 42.2 Å². The van der Waals surface area contributed by atoms with Gasteiger partial charge in [0.15, 0.2) is 0 Å². The Morgan fingerprint density at radius 1 is 1.15 bits per heavy atom. The van der Waals surface area contributed by atoms with Crippen LogP contribution in [0.15, 0.2) is 42.5 Å². The Hall–Kier alpha value is -1.96. The van der Waals surface area contributed by atoms with Crippen LogP contribution in [0.2, 0.25) is 0 Å². The maximum absolute atomic E-state index is 10.2. The summed E-state index contributed by atoms with van der Waals surface area (Å²) in [5.41, 5.74) is 4.83. The Balaban J connectivity index is 1.97. The molecule has 1 heterocycles. The Labute approximate surface area is 120 Å². The Bertz CT molecular complexity index is 621. The minimum Gasteiger partial charge on any atom is -0.508 e. The highest BCUT2D eigenvalue weighted by atomic mass is 16.3. The summed E-state index contributed by atoms with van der Waals surface area (Å²) in [4.78, 5) is 2.41. The van der Waals surface area contributed by atoms with Crippen LogP contribution in [0, 0.1) is 6.92 Å². The molecule has 0 bridgehead atoms. The molecule has 2 aromatic rings. The molecular weight excluding hydrogens is 246 g/mol. The summed E-state index contributed by atoms with van der Waals surface area (Å²) in [6, 6.07) is 14.8. The highest BCUT2D eigenvalue weighted by Crippen LogP contribution is 2.36. The zero-order valence-electron chi connectivity index (χ0n) is 12.1. The molecule has 1 atom stereocenters. The van der Waals surface area contributed by atoms with Gasteiger partial charge in [0.05, 0.1) is 6.04 Å². The molecule has 0 saturated carbocycles. The molecule has 3 rings (SSSR count). The molecule has 20 heavy (non-hydrogen) atoms. The predicted molar refractivity (Wildman–Crippen MR) is 83.4 cm³/mol. The first-order valence-corrected chi connectivity index (χ1v) is 7.31. The van der Waals surface area contributed by atoms with Gasteiger partial charge in [-0.1, -0.05) is 30.3 Å². The topological polar surface area (TPSA) is 23.5 Å². The van der Waals surface area contributed by atoms with E-state index in [9.17, 15) is 5.11 Å². The van der Waals surface area contributed by atoms with Gasteiger partial charge in [-0.2, -0.15) is 0 Å². The first-order valence-electron chi connectivity index (χ1n) is 7.31. The van der Waals surface area contributed by atoms with E-state index in [0.717, 1.165) is 24.1 Å². The summed E-state index contributed by atoms with van der Waals surface area (Å²) in [7, 11) is 0. The van der Waals surface area contributed by atoms with Crippen molar-refractivity contribution in [3.63, 3.8) is 0 Å². The Morgan fingerprint density at radius 3 is 2.75 bits per heavy atom. The van der Waals surface area contributed by atoms with Crippen LogP contribution in [-0.2, 0) is 6.42 Å². The number of benzene rings is 2. The van der Waals surface area contributed by atoms with Gasteiger partial charge in [0, 0.05) is 17.8 Å².